The van der Waals surface area contributed by atoms with Gasteiger partial charge in [0.25, 0.3) is 0 Å². The van der Waals surface area contributed by atoms with Crippen molar-refractivity contribution in [2.75, 3.05) is 11.1 Å². The molecule has 3 nitrogen and oxygen atoms in total. The molecule has 3 N–H and O–H groups in total. The van der Waals surface area contributed by atoms with Crippen molar-refractivity contribution in [2.24, 2.45) is 0 Å². The molecule has 17 heavy (non-hydrogen) atoms. The van der Waals surface area contributed by atoms with Gasteiger partial charge in [0.15, 0.2) is 5.82 Å². The number of benzene rings is 1. The average Bonchev–Trinajstić information content (AvgIpc) is 2.30. The highest BCUT2D eigenvalue weighted by Crippen LogP contribution is 2.24. The number of aromatic nitrogens is 1. The molecule has 0 atom stereocenters. The Kier molecular flexibility index (Phi) is 3.00. The SMILES string of the molecule is Cc1ccc(Nc2nccc(C)c2N)cc1C. The van der Waals surface area contributed by atoms with Crippen molar-refractivity contribution >= 4 is 17.2 Å². The minimum Gasteiger partial charge on any atom is -0.396 e. The summed E-state index contributed by atoms with van der Waals surface area (Å²) in [7, 11) is 0. The van der Waals surface area contributed by atoms with Crippen LogP contribution >= 0.6 is 0 Å². The van der Waals surface area contributed by atoms with Gasteiger partial charge in [0.05, 0.1) is 5.69 Å². The first-order valence-electron chi connectivity index (χ1n) is 5.63. The number of hydrogen-bond donors (Lipinski definition) is 2. The van der Waals surface area contributed by atoms with E-state index in [1.54, 1.807) is 6.20 Å². The van der Waals surface area contributed by atoms with Crippen LogP contribution < -0.4 is 11.1 Å². The van der Waals surface area contributed by atoms with Crippen molar-refractivity contribution in [3.63, 3.8) is 0 Å². The molecule has 0 saturated heterocycles. The van der Waals surface area contributed by atoms with Crippen molar-refractivity contribution < 1.29 is 0 Å². The molecular weight excluding hydrogens is 210 g/mol. The Hall–Kier alpha value is -2.03. The lowest BCUT2D eigenvalue weighted by molar-refractivity contribution is 1.27. The van der Waals surface area contributed by atoms with Crippen LogP contribution in [-0.4, -0.2) is 4.98 Å². The van der Waals surface area contributed by atoms with E-state index < -0.39 is 0 Å². The van der Waals surface area contributed by atoms with E-state index in [2.05, 4.69) is 36.3 Å². The van der Waals surface area contributed by atoms with Crippen LogP contribution in [-0.2, 0) is 0 Å². The zero-order valence-electron chi connectivity index (χ0n) is 10.4. The first-order chi connectivity index (χ1) is 8.08. The Morgan fingerprint density at radius 2 is 1.76 bits per heavy atom. The molecule has 0 saturated carbocycles. The van der Waals surface area contributed by atoms with E-state index in [9.17, 15) is 0 Å². The second-order valence-corrected chi connectivity index (χ2v) is 4.31. The van der Waals surface area contributed by atoms with E-state index in [1.165, 1.54) is 11.1 Å². The predicted molar refractivity (Wildman–Crippen MR) is 72.6 cm³/mol. The van der Waals surface area contributed by atoms with Crippen LogP contribution in [0, 0.1) is 20.8 Å². The summed E-state index contributed by atoms with van der Waals surface area (Å²) in [6, 6.07) is 8.12. The van der Waals surface area contributed by atoms with Crippen LogP contribution in [0.15, 0.2) is 30.5 Å². The summed E-state index contributed by atoms with van der Waals surface area (Å²) in [5.74, 6) is 0.716. The third kappa shape index (κ3) is 2.38. The first-order valence-corrected chi connectivity index (χ1v) is 5.63. The van der Waals surface area contributed by atoms with Gasteiger partial charge in [-0.15, -0.1) is 0 Å². The van der Waals surface area contributed by atoms with Crippen molar-refractivity contribution in [1.29, 1.82) is 0 Å². The molecule has 0 aliphatic rings. The summed E-state index contributed by atoms with van der Waals surface area (Å²) in [6.07, 6.45) is 1.76. The lowest BCUT2D eigenvalue weighted by atomic mass is 10.1. The molecule has 1 aromatic heterocycles. The maximum Gasteiger partial charge on any atom is 0.153 e. The summed E-state index contributed by atoms with van der Waals surface area (Å²) >= 11 is 0. The zero-order chi connectivity index (χ0) is 12.4. The van der Waals surface area contributed by atoms with Crippen LogP contribution in [0.5, 0.6) is 0 Å². The minimum atomic E-state index is 0.700. The maximum absolute atomic E-state index is 5.97. The van der Waals surface area contributed by atoms with Crippen molar-refractivity contribution in [1.82, 2.24) is 4.98 Å². The second-order valence-electron chi connectivity index (χ2n) is 4.31. The van der Waals surface area contributed by atoms with Gasteiger partial charge in [-0.1, -0.05) is 6.07 Å². The molecule has 2 aromatic rings. The molecular formula is C14H17N3. The average molecular weight is 227 g/mol. The van der Waals surface area contributed by atoms with Crippen LogP contribution in [0.1, 0.15) is 16.7 Å². The smallest absolute Gasteiger partial charge is 0.153 e. The van der Waals surface area contributed by atoms with Crippen molar-refractivity contribution in [2.45, 2.75) is 20.8 Å². The number of aryl methyl sites for hydroxylation is 3. The highest BCUT2D eigenvalue weighted by Gasteiger charge is 2.04. The number of nitrogen functional groups attached to an aromatic ring is 1. The quantitative estimate of drug-likeness (QED) is 0.827. The van der Waals surface area contributed by atoms with Gasteiger partial charge < -0.3 is 11.1 Å². The molecule has 1 heterocycles. The Morgan fingerprint density at radius 1 is 1.00 bits per heavy atom. The summed E-state index contributed by atoms with van der Waals surface area (Å²) in [5, 5.41) is 3.24. The van der Waals surface area contributed by atoms with Crippen LogP contribution in [0.4, 0.5) is 17.2 Å². The standard InChI is InChI=1S/C14H17N3/c1-9-4-5-12(8-11(9)3)17-14-13(15)10(2)6-7-16-14/h4-8H,15H2,1-3H3,(H,16,17). The van der Waals surface area contributed by atoms with E-state index in [0.717, 1.165) is 11.3 Å². The number of hydrogen-bond acceptors (Lipinski definition) is 3. The lowest BCUT2D eigenvalue weighted by Gasteiger charge is -2.11. The molecule has 0 fully saturated rings. The maximum atomic E-state index is 5.97. The first kappa shape index (κ1) is 11.5. The molecule has 0 aliphatic heterocycles. The second kappa shape index (κ2) is 4.45. The Morgan fingerprint density at radius 3 is 2.47 bits per heavy atom. The molecule has 0 amide bonds. The third-order valence-corrected chi connectivity index (χ3v) is 2.98. The van der Waals surface area contributed by atoms with Crippen LogP contribution in [0.2, 0.25) is 0 Å². The highest BCUT2D eigenvalue weighted by molar-refractivity contribution is 5.71. The molecule has 88 valence electrons. The number of nitrogens with one attached hydrogen (secondary N) is 1. The summed E-state index contributed by atoms with van der Waals surface area (Å²) in [6.45, 7) is 6.16. The number of nitrogens with two attached hydrogens (primary N) is 1. The number of nitrogens with zero attached hydrogens (tertiary/aromatic N) is 1. The fraction of sp³-hybridized carbons (Fsp3) is 0.214. The number of pyridine rings is 1. The summed E-state index contributed by atoms with van der Waals surface area (Å²) < 4.78 is 0. The molecule has 0 aliphatic carbocycles. The van der Waals surface area contributed by atoms with E-state index in [1.807, 2.05) is 19.1 Å². The topological polar surface area (TPSA) is 50.9 Å². The summed E-state index contributed by atoms with van der Waals surface area (Å²) in [5.41, 5.74) is 11.2. The Balaban J connectivity index is 2.31. The van der Waals surface area contributed by atoms with Gasteiger partial charge in [-0.2, -0.15) is 0 Å². The van der Waals surface area contributed by atoms with E-state index in [-0.39, 0.29) is 0 Å². The Bertz CT molecular complexity index is 547. The highest BCUT2D eigenvalue weighted by atomic mass is 15.0. The zero-order valence-corrected chi connectivity index (χ0v) is 10.4. The van der Waals surface area contributed by atoms with Gasteiger partial charge >= 0.3 is 0 Å². The Labute approximate surface area is 102 Å². The molecule has 0 bridgehead atoms. The normalized spacial score (nSPS) is 10.3. The fourth-order valence-electron chi connectivity index (χ4n) is 1.63. The number of rotatable bonds is 2. The number of anilines is 3. The molecule has 1 aromatic carbocycles. The van der Waals surface area contributed by atoms with Crippen LogP contribution in [0.25, 0.3) is 0 Å². The van der Waals surface area contributed by atoms with E-state index >= 15 is 0 Å². The van der Waals surface area contributed by atoms with Gasteiger partial charge in [0.2, 0.25) is 0 Å². The molecule has 0 radical (unpaired) electrons. The van der Waals surface area contributed by atoms with E-state index in [0.29, 0.717) is 11.5 Å². The largest absolute Gasteiger partial charge is 0.396 e. The van der Waals surface area contributed by atoms with Gasteiger partial charge in [-0.25, -0.2) is 4.98 Å². The van der Waals surface area contributed by atoms with Crippen LogP contribution in [0.3, 0.4) is 0 Å². The predicted octanol–water partition coefficient (Wildman–Crippen LogP) is 3.33. The minimum absolute atomic E-state index is 0.700. The van der Waals surface area contributed by atoms with Gasteiger partial charge in [-0.05, 0) is 55.7 Å². The fourth-order valence-corrected chi connectivity index (χ4v) is 1.63. The van der Waals surface area contributed by atoms with Crippen molar-refractivity contribution in [3.8, 4) is 0 Å². The van der Waals surface area contributed by atoms with Gasteiger partial charge in [0.1, 0.15) is 0 Å². The molecule has 3 heteroatoms. The third-order valence-electron chi connectivity index (χ3n) is 2.98. The van der Waals surface area contributed by atoms with E-state index in [4.69, 9.17) is 5.73 Å². The van der Waals surface area contributed by atoms with Crippen molar-refractivity contribution in [3.05, 3.63) is 47.2 Å². The van der Waals surface area contributed by atoms with Gasteiger partial charge in [0, 0.05) is 11.9 Å². The molecule has 2 rings (SSSR count). The lowest BCUT2D eigenvalue weighted by Crippen LogP contribution is -2.01. The molecule has 0 spiro atoms. The molecule has 0 unspecified atom stereocenters. The monoisotopic (exact) mass is 227 g/mol. The summed E-state index contributed by atoms with van der Waals surface area (Å²) in [4.78, 5) is 4.25. The van der Waals surface area contributed by atoms with Gasteiger partial charge in [-0.3, -0.25) is 0 Å².